The molecule has 1 rings (SSSR count). The lowest BCUT2D eigenvalue weighted by atomic mass is 9.99. The lowest BCUT2D eigenvalue weighted by molar-refractivity contribution is -0.130. The molecule has 2 unspecified atom stereocenters. The Kier molecular flexibility index (Phi) is 5.34. The van der Waals surface area contributed by atoms with Gasteiger partial charge in [-0.15, -0.1) is 0 Å². The summed E-state index contributed by atoms with van der Waals surface area (Å²) < 4.78 is 0. The van der Waals surface area contributed by atoms with Crippen molar-refractivity contribution in [2.75, 3.05) is 13.6 Å². The number of likely N-dealkylation sites (N-methyl/N-ethyl adjacent to an activating group) is 1. The minimum atomic E-state index is -0.773. The van der Waals surface area contributed by atoms with E-state index in [1.54, 1.807) is 26.1 Å². The fourth-order valence-corrected chi connectivity index (χ4v) is 1.63. The smallest absolute Gasteiger partial charge is 0.244 e. The highest BCUT2D eigenvalue weighted by molar-refractivity contribution is 5.86. The van der Waals surface area contributed by atoms with Crippen LogP contribution in [-0.2, 0) is 4.79 Å². The van der Waals surface area contributed by atoms with Crippen LogP contribution in [-0.4, -0.2) is 35.6 Å². The molecule has 0 saturated carbocycles. The zero-order chi connectivity index (χ0) is 13.5. The van der Waals surface area contributed by atoms with Crippen molar-refractivity contribution < 1.29 is 9.90 Å². The monoisotopic (exact) mass is 246 g/mol. The molecule has 0 bridgehead atoms. The van der Waals surface area contributed by atoms with Crippen molar-refractivity contribution in [2.24, 2.45) is 0 Å². The normalized spacial score (nSPS) is 13.4. The van der Waals surface area contributed by atoms with Crippen LogP contribution in [0.5, 0.6) is 0 Å². The Labute approximate surface area is 107 Å². The van der Waals surface area contributed by atoms with Gasteiger partial charge in [-0.3, -0.25) is 4.79 Å². The molecule has 0 aliphatic heterocycles. The first kappa shape index (κ1) is 14.2. The van der Waals surface area contributed by atoms with Gasteiger partial charge in [-0.25, -0.2) is 0 Å². The van der Waals surface area contributed by atoms with E-state index in [4.69, 9.17) is 5.26 Å². The molecule has 1 aromatic carbocycles. The fourth-order valence-electron chi connectivity index (χ4n) is 1.63. The number of hydrogen-bond donors (Lipinski definition) is 1. The molecule has 18 heavy (non-hydrogen) atoms. The van der Waals surface area contributed by atoms with Crippen LogP contribution < -0.4 is 0 Å². The Hall–Kier alpha value is -1.86. The predicted octanol–water partition coefficient (Wildman–Crippen LogP) is 1.52. The first-order valence-corrected chi connectivity index (χ1v) is 5.94. The Morgan fingerprint density at radius 3 is 2.56 bits per heavy atom. The molecule has 1 amide bonds. The van der Waals surface area contributed by atoms with Crippen LogP contribution in [0.15, 0.2) is 30.3 Å². The molecule has 4 nitrogen and oxygen atoms in total. The summed E-state index contributed by atoms with van der Waals surface area (Å²) in [5, 5.41) is 18.3. The Morgan fingerprint density at radius 1 is 1.44 bits per heavy atom. The summed E-state index contributed by atoms with van der Waals surface area (Å²) >= 11 is 0. The maximum Gasteiger partial charge on any atom is 0.244 e. The molecule has 4 heteroatoms. The molecule has 0 aliphatic rings. The van der Waals surface area contributed by atoms with Gasteiger partial charge in [0.2, 0.25) is 5.91 Å². The molecular weight excluding hydrogens is 228 g/mol. The predicted molar refractivity (Wildman–Crippen MR) is 68.7 cm³/mol. The van der Waals surface area contributed by atoms with Gasteiger partial charge in [0.05, 0.1) is 12.2 Å². The Balaban J connectivity index is 2.72. The van der Waals surface area contributed by atoms with Crippen LogP contribution in [0.2, 0.25) is 0 Å². The van der Waals surface area contributed by atoms with Gasteiger partial charge >= 0.3 is 0 Å². The second-order valence-electron chi connectivity index (χ2n) is 4.37. The van der Waals surface area contributed by atoms with Crippen molar-refractivity contribution in [2.45, 2.75) is 25.4 Å². The minimum absolute atomic E-state index is 0.232. The third kappa shape index (κ3) is 3.86. The molecule has 1 N–H and O–H groups in total. The van der Waals surface area contributed by atoms with Crippen LogP contribution in [0.1, 0.15) is 24.8 Å². The molecule has 0 fully saturated rings. The van der Waals surface area contributed by atoms with Crippen molar-refractivity contribution in [1.82, 2.24) is 4.90 Å². The van der Waals surface area contributed by atoms with E-state index in [0.29, 0.717) is 18.5 Å². The molecule has 0 saturated heterocycles. The van der Waals surface area contributed by atoms with Gasteiger partial charge in [0.15, 0.2) is 0 Å². The molecule has 1 aromatic rings. The van der Waals surface area contributed by atoms with Crippen LogP contribution in [0.3, 0.4) is 0 Å². The maximum absolute atomic E-state index is 12.1. The maximum atomic E-state index is 12.1. The number of carbonyl (C=O) groups is 1. The number of carbonyl (C=O) groups excluding carboxylic acids is 1. The molecule has 96 valence electrons. The van der Waals surface area contributed by atoms with Crippen molar-refractivity contribution in [3.05, 3.63) is 35.9 Å². The van der Waals surface area contributed by atoms with E-state index in [1.807, 2.05) is 24.3 Å². The number of nitriles is 1. The Morgan fingerprint density at radius 2 is 2.06 bits per heavy atom. The zero-order valence-corrected chi connectivity index (χ0v) is 10.7. The highest BCUT2D eigenvalue weighted by Gasteiger charge is 2.23. The number of benzene rings is 1. The van der Waals surface area contributed by atoms with Gasteiger partial charge in [-0.2, -0.15) is 5.26 Å². The third-order valence-electron chi connectivity index (χ3n) is 2.77. The topological polar surface area (TPSA) is 64.3 Å². The summed E-state index contributed by atoms with van der Waals surface area (Å²) in [6, 6.07) is 11.0. The lowest BCUT2D eigenvalue weighted by Crippen LogP contribution is -2.33. The van der Waals surface area contributed by atoms with Crippen molar-refractivity contribution in [1.29, 1.82) is 5.26 Å². The van der Waals surface area contributed by atoms with E-state index >= 15 is 0 Å². The van der Waals surface area contributed by atoms with E-state index < -0.39 is 12.0 Å². The zero-order valence-electron chi connectivity index (χ0n) is 10.7. The standard InChI is InChI=1S/C14H18N2O2/c1-11(17)8-9-16(2)14(18)13(10-15)12-6-4-3-5-7-12/h3-7,11,13,17H,8-9H2,1-2H3. The fraction of sp³-hybridized carbons (Fsp3) is 0.429. The second kappa shape index (κ2) is 6.77. The SMILES string of the molecule is CC(O)CCN(C)C(=O)C(C#N)c1ccccc1. The van der Waals surface area contributed by atoms with Crippen LogP contribution in [0.4, 0.5) is 0 Å². The second-order valence-corrected chi connectivity index (χ2v) is 4.37. The van der Waals surface area contributed by atoms with Crippen molar-refractivity contribution >= 4 is 5.91 Å². The number of amides is 1. The first-order valence-electron chi connectivity index (χ1n) is 5.94. The van der Waals surface area contributed by atoms with Gasteiger partial charge < -0.3 is 10.0 Å². The average molecular weight is 246 g/mol. The molecule has 0 radical (unpaired) electrons. The highest BCUT2D eigenvalue weighted by Crippen LogP contribution is 2.17. The number of hydrogen-bond acceptors (Lipinski definition) is 3. The van der Waals surface area contributed by atoms with Gasteiger partial charge in [0.1, 0.15) is 5.92 Å². The Bertz CT molecular complexity index is 423. The molecule has 0 aliphatic carbocycles. The molecular formula is C14H18N2O2. The molecule has 0 spiro atoms. The first-order chi connectivity index (χ1) is 8.56. The van der Waals surface area contributed by atoms with Crippen molar-refractivity contribution in [3.63, 3.8) is 0 Å². The summed E-state index contributed by atoms with van der Waals surface area (Å²) in [5.41, 5.74) is 0.703. The van der Waals surface area contributed by atoms with E-state index in [9.17, 15) is 9.90 Å². The van der Waals surface area contributed by atoms with Gasteiger partial charge in [-0.05, 0) is 18.9 Å². The number of nitrogens with zero attached hydrogens (tertiary/aromatic N) is 2. The van der Waals surface area contributed by atoms with E-state index in [0.717, 1.165) is 0 Å². The van der Waals surface area contributed by atoms with E-state index in [-0.39, 0.29) is 5.91 Å². The van der Waals surface area contributed by atoms with Gasteiger partial charge in [0, 0.05) is 13.6 Å². The highest BCUT2D eigenvalue weighted by atomic mass is 16.3. The summed E-state index contributed by atoms with van der Waals surface area (Å²) in [4.78, 5) is 13.6. The van der Waals surface area contributed by atoms with Crippen LogP contribution >= 0.6 is 0 Å². The summed E-state index contributed by atoms with van der Waals surface area (Å²) in [7, 11) is 1.65. The number of rotatable bonds is 5. The van der Waals surface area contributed by atoms with Crippen LogP contribution in [0, 0.1) is 11.3 Å². The van der Waals surface area contributed by atoms with Crippen LogP contribution in [0.25, 0.3) is 0 Å². The summed E-state index contributed by atoms with van der Waals surface area (Å²) in [6.07, 6.45) is 0.0624. The largest absolute Gasteiger partial charge is 0.393 e. The van der Waals surface area contributed by atoms with Gasteiger partial charge in [-0.1, -0.05) is 30.3 Å². The minimum Gasteiger partial charge on any atom is -0.393 e. The third-order valence-corrected chi connectivity index (χ3v) is 2.77. The summed E-state index contributed by atoms with van der Waals surface area (Å²) in [5.74, 6) is -1.01. The van der Waals surface area contributed by atoms with E-state index in [2.05, 4.69) is 0 Å². The van der Waals surface area contributed by atoms with E-state index in [1.165, 1.54) is 4.90 Å². The quantitative estimate of drug-likeness (QED) is 0.856. The lowest BCUT2D eigenvalue weighted by Gasteiger charge is -2.20. The van der Waals surface area contributed by atoms with Crippen molar-refractivity contribution in [3.8, 4) is 6.07 Å². The molecule has 0 aromatic heterocycles. The molecule has 2 atom stereocenters. The number of aliphatic hydroxyl groups excluding tert-OH is 1. The summed E-state index contributed by atoms with van der Waals surface area (Å²) in [6.45, 7) is 2.12. The number of aliphatic hydroxyl groups is 1. The molecule has 0 heterocycles. The average Bonchev–Trinajstić information content (AvgIpc) is 2.38. The van der Waals surface area contributed by atoms with Gasteiger partial charge in [0.25, 0.3) is 0 Å².